The van der Waals surface area contributed by atoms with E-state index in [4.69, 9.17) is 4.74 Å². The van der Waals surface area contributed by atoms with Crippen LogP contribution in [-0.4, -0.2) is 63.4 Å². The molecule has 13 heavy (non-hydrogen) atoms. The summed E-state index contributed by atoms with van der Waals surface area (Å²) in [6, 6.07) is 0. The summed E-state index contributed by atoms with van der Waals surface area (Å²) in [4.78, 5) is 11.8. The summed E-state index contributed by atoms with van der Waals surface area (Å²) in [6.45, 7) is 4.02. The molecule has 0 radical (unpaired) electrons. The van der Waals surface area contributed by atoms with E-state index in [2.05, 4.69) is 11.9 Å². The van der Waals surface area contributed by atoms with Gasteiger partial charge in [0.15, 0.2) is 0 Å². The van der Waals surface area contributed by atoms with Crippen molar-refractivity contribution in [3.8, 4) is 0 Å². The van der Waals surface area contributed by atoms with Gasteiger partial charge in [-0.3, -0.25) is 0 Å². The highest BCUT2D eigenvalue weighted by Gasteiger charge is 2.02. The summed E-state index contributed by atoms with van der Waals surface area (Å²) in [6.07, 6.45) is 0.319. The Kier molecular flexibility index (Phi) is 5.81. The molecule has 0 aromatic carbocycles. The Balaban J connectivity index is 0.000000226. The smallest absolute Gasteiger partial charge is 0.301 e. The third-order valence-electron chi connectivity index (χ3n) is 1.49. The molecule has 1 amide bonds. The molecule has 1 aliphatic rings. The Labute approximate surface area is 79.0 Å². The molecule has 5 heteroatoms. The zero-order chi connectivity index (χ0) is 10.3. The molecule has 1 aliphatic heterocycles. The van der Waals surface area contributed by atoms with Crippen LogP contribution >= 0.6 is 0 Å². The molecule has 0 saturated carbocycles. The van der Waals surface area contributed by atoms with Crippen molar-refractivity contribution in [1.82, 2.24) is 4.90 Å². The minimum absolute atomic E-state index is 0.319. The summed E-state index contributed by atoms with van der Waals surface area (Å²) in [5.74, 6) is 0. The number of hydrogen-bond acceptors (Lipinski definition) is 4. The third-order valence-corrected chi connectivity index (χ3v) is 1.49. The van der Waals surface area contributed by atoms with Crippen molar-refractivity contribution in [3.63, 3.8) is 0 Å². The highest BCUT2D eigenvalue weighted by atomic mass is 16.5. The molecule has 1 heterocycles. The van der Waals surface area contributed by atoms with Crippen LogP contribution in [0.4, 0.5) is 0 Å². The first kappa shape index (κ1) is 12.5. The average molecular weight is 190 g/mol. The van der Waals surface area contributed by atoms with Crippen LogP contribution in [0.25, 0.3) is 0 Å². The molecule has 0 bridgehead atoms. The van der Waals surface area contributed by atoms with Gasteiger partial charge in [-0.2, -0.15) is 0 Å². The van der Waals surface area contributed by atoms with Crippen LogP contribution in [0, 0.1) is 5.21 Å². The van der Waals surface area contributed by atoms with Gasteiger partial charge in [-0.25, -0.2) is 4.79 Å². The van der Waals surface area contributed by atoms with Crippen molar-refractivity contribution in [2.75, 3.05) is 47.4 Å². The van der Waals surface area contributed by atoms with E-state index in [9.17, 15) is 10.0 Å². The quantitative estimate of drug-likeness (QED) is 0.322. The van der Waals surface area contributed by atoms with Gasteiger partial charge < -0.3 is 19.5 Å². The predicted octanol–water partition coefficient (Wildman–Crippen LogP) is -0.335. The fourth-order valence-corrected chi connectivity index (χ4v) is 0.655. The van der Waals surface area contributed by atoms with Crippen molar-refractivity contribution < 1.29 is 14.2 Å². The van der Waals surface area contributed by atoms with Crippen LogP contribution in [0.1, 0.15) is 0 Å². The number of carbonyl (C=O) groups excluding carboxylic acids is 1. The maximum atomic E-state index is 10.0. The number of amides is 1. The van der Waals surface area contributed by atoms with Gasteiger partial charge in [-0.05, 0) is 7.05 Å². The van der Waals surface area contributed by atoms with Gasteiger partial charge in [0, 0.05) is 13.1 Å². The lowest BCUT2D eigenvalue weighted by Crippen LogP contribution is -2.32. The number of likely N-dealkylation sites (N-methyl/N-ethyl adjacent to an activating group) is 1. The van der Waals surface area contributed by atoms with Crippen LogP contribution in [-0.2, 0) is 9.53 Å². The molecule has 0 atom stereocenters. The predicted molar refractivity (Wildman–Crippen MR) is 49.9 cm³/mol. The highest BCUT2D eigenvalue weighted by Crippen LogP contribution is 1.89. The number of rotatable bonds is 1. The number of nitrogens with zero attached hydrogens (tertiary/aromatic N) is 2. The van der Waals surface area contributed by atoms with Crippen LogP contribution in [0.15, 0.2) is 0 Å². The van der Waals surface area contributed by atoms with Crippen molar-refractivity contribution in [1.29, 1.82) is 0 Å². The normalized spacial score (nSPS) is 18.8. The standard InChI is InChI=1S/C5H11NO.C3H7NO2/c1-6-2-4-7-5-3-6;1-4(2,6)3-5/h2-5H2,1H3;3H,1-2H3. The number of morpholine rings is 1. The first-order valence-electron chi connectivity index (χ1n) is 4.23. The third kappa shape index (κ3) is 9.42. The summed E-state index contributed by atoms with van der Waals surface area (Å²) in [5.41, 5.74) is 0. The molecule has 1 fully saturated rings. The van der Waals surface area contributed by atoms with Crippen molar-refractivity contribution in [2.45, 2.75) is 0 Å². The van der Waals surface area contributed by atoms with Crippen LogP contribution in [0.5, 0.6) is 0 Å². The van der Waals surface area contributed by atoms with Crippen molar-refractivity contribution in [2.24, 2.45) is 0 Å². The summed E-state index contributed by atoms with van der Waals surface area (Å²) < 4.78 is 4.24. The first-order chi connectivity index (χ1) is 5.95. The summed E-state index contributed by atoms with van der Waals surface area (Å²) in [7, 11) is 4.63. The SMILES string of the molecule is CN1CCOCC1.C[N+](C)([O-])C=O. The summed E-state index contributed by atoms with van der Waals surface area (Å²) in [5, 5.41) is 10.0. The lowest BCUT2D eigenvalue weighted by Gasteiger charge is -2.23. The molecule has 0 aromatic heterocycles. The molecule has 0 N–H and O–H groups in total. The van der Waals surface area contributed by atoms with E-state index in [1.807, 2.05) is 0 Å². The number of quaternary nitrogens is 1. The van der Waals surface area contributed by atoms with E-state index in [1.54, 1.807) is 0 Å². The molecule has 5 nitrogen and oxygen atoms in total. The molecule has 0 spiro atoms. The molecule has 0 aromatic rings. The molecule has 1 rings (SSSR count). The second kappa shape index (κ2) is 6.04. The van der Waals surface area contributed by atoms with Gasteiger partial charge in [-0.15, -0.1) is 0 Å². The van der Waals surface area contributed by atoms with Crippen molar-refractivity contribution in [3.05, 3.63) is 5.21 Å². The lowest BCUT2D eigenvalue weighted by molar-refractivity contribution is -0.749. The molecule has 78 valence electrons. The van der Waals surface area contributed by atoms with Gasteiger partial charge in [-0.1, -0.05) is 0 Å². The summed E-state index contributed by atoms with van der Waals surface area (Å²) >= 11 is 0. The van der Waals surface area contributed by atoms with E-state index in [1.165, 1.54) is 14.1 Å². The van der Waals surface area contributed by atoms with E-state index in [0.29, 0.717) is 6.41 Å². The van der Waals surface area contributed by atoms with Gasteiger partial charge >= 0.3 is 6.41 Å². The largest absolute Gasteiger partial charge is 0.626 e. The molecular weight excluding hydrogens is 172 g/mol. The zero-order valence-electron chi connectivity index (χ0n) is 8.52. The number of ether oxygens (including phenoxy) is 1. The second-order valence-electron chi connectivity index (χ2n) is 3.46. The molecule has 1 saturated heterocycles. The van der Waals surface area contributed by atoms with Gasteiger partial charge in [0.2, 0.25) is 0 Å². The first-order valence-corrected chi connectivity index (χ1v) is 4.23. The second-order valence-corrected chi connectivity index (χ2v) is 3.46. The Morgan fingerprint density at radius 1 is 1.38 bits per heavy atom. The van der Waals surface area contributed by atoms with Gasteiger partial charge in [0.05, 0.1) is 27.3 Å². The monoisotopic (exact) mass is 190 g/mol. The van der Waals surface area contributed by atoms with E-state index >= 15 is 0 Å². The van der Waals surface area contributed by atoms with Gasteiger partial charge in [0.1, 0.15) is 0 Å². The average Bonchev–Trinajstić information content (AvgIpc) is 2.06. The topological polar surface area (TPSA) is 52.6 Å². The fourth-order valence-electron chi connectivity index (χ4n) is 0.655. The molecule has 0 unspecified atom stereocenters. The number of hydrogen-bond donors (Lipinski definition) is 0. The Hall–Kier alpha value is -0.490. The van der Waals surface area contributed by atoms with Crippen LogP contribution in [0.2, 0.25) is 0 Å². The Bertz CT molecular complexity index is 139. The minimum Gasteiger partial charge on any atom is -0.626 e. The maximum Gasteiger partial charge on any atom is 0.301 e. The van der Waals surface area contributed by atoms with Crippen LogP contribution in [0.3, 0.4) is 0 Å². The van der Waals surface area contributed by atoms with E-state index in [0.717, 1.165) is 26.3 Å². The van der Waals surface area contributed by atoms with Gasteiger partial charge in [0.25, 0.3) is 0 Å². The number of hydroxylamine groups is 3. The fraction of sp³-hybridized carbons (Fsp3) is 0.875. The zero-order valence-corrected chi connectivity index (χ0v) is 8.52. The minimum atomic E-state index is -0.861. The molecule has 0 aliphatic carbocycles. The highest BCUT2D eigenvalue weighted by molar-refractivity contribution is 5.36. The van der Waals surface area contributed by atoms with Crippen molar-refractivity contribution >= 4 is 6.41 Å². The Morgan fingerprint density at radius 3 is 1.92 bits per heavy atom. The van der Waals surface area contributed by atoms with E-state index in [-0.39, 0.29) is 0 Å². The molecular formula is C8H18N2O3. The number of carbonyl (C=O) groups is 1. The maximum absolute atomic E-state index is 10.0. The Morgan fingerprint density at radius 2 is 1.77 bits per heavy atom. The van der Waals surface area contributed by atoms with Crippen LogP contribution < -0.4 is 0 Å². The van der Waals surface area contributed by atoms with E-state index < -0.39 is 4.65 Å². The lowest BCUT2D eigenvalue weighted by atomic mass is 10.5.